The molecule has 2 aliphatic heterocycles. The molecule has 0 bridgehead atoms. The van der Waals surface area contributed by atoms with Crippen molar-refractivity contribution < 1.29 is 17.9 Å². The zero-order chi connectivity index (χ0) is 15.3. The van der Waals surface area contributed by atoms with Crippen LogP contribution in [0.1, 0.15) is 18.9 Å². The number of fused-ring (bicyclic) bond motifs is 1. The third-order valence-corrected chi connectivity index (χ3v) is 6.06. The first-order chi connectivity index (χ1) is 9.76. The van der Waals surface area contributed by atoms with Gasteiger partial charge in [-0.2, -0.15) is 0 Å². The Balaban J connectivity index is 1.68. The van der Waals surface area contributed by atoms with Gasteiger partial charge in [0.05, 0.1) is 17.0 Å². The maximum Gasteiger partial charge on any atom is 0.261 e. The zero-order valence-electron chi connectivity index (χ0n) is 11.6. The maximum atomic E-state index is 12.3. The van der Waals surface area contributed by atoms with E-state index in [0.717, 1.165) is 5.56 Å². The summed E-state index contributed by atoms with van der Waals surface area (Å²) in [7, 11) is -3.06. The Hall–Kier alpha value is -1.27. The number of nitrogens with one attached hydrogen (secondary N) is 1. The molecule has 114 valence electrons. The molecule has 2 atom stereocenters. The second-order valence-corrected chi connectivity index (χ2v) is 8.58. The largest absolute Gasteiger partial charge is 0.480 e. The van der Waals surface area contributed by atoms with E-state index in [2.05, 4.69) is 5.32 Å². The number of hydrogen-bond donors (Lipinski definition) is 1. The molecule has 0 radical (unpaired) electrons. The standard InChI is InChI=1S/C14H16ClNO4S/c1-14(4-5-21(18,19)8-14)16-13(17)12-7-9-6-10(15)2-3-11(9)20-12/h2-3,6,12H,4-5,7-8H2,1H3,(H,16,17)/t12-,14+/m0/s1. The van der Waals surface area contributed by atoms with E-state index in [9.17, 15) is 13.2 Å². The summed E-state index contributed by atoms with van der Waals surface area (Å²) in [6.45, 7) is 1.76. The van der Waals surface area contributed by atoms with Crippen LogP contribution >= 0.6 is 11.6 Å². The number of sulfone groups is 1. The van der Waals surface area contributed by atoms with Crippen LogP contribution in [0, 0.1) is 0 Å². The predicted molar refractivity (Wildman–Crippen MR) is 79.4 cm³/mol. The molecule has 0 aliphatic carbocycles. The average Bonchev–Trinajstić information content (AvgIpc) is 2.90. The lowest BCUT2D eigenvalue weighted by Crippen LogP contribution is -2.51. The van der Waals surface area contributed by atoms with Crippen molar-refractivity contribution in [3.8, 4) is 5.75 Å². The molecule has 1 saturated heterocycles. The van der Waals surface area contributed by atoms with Crippen LogP contribution in [0.2, 0.25) is 5.02 Å². The van der Waals surface area contributed by atoms with Crippen LogP contribution in [-0.4, -0.2) is 37.5 Å². The number of hydrogen-bond acceptors (Lipinski definition) is 4. The van der Waals surface area contributed by atoms with Crippen LogP contribution < -0.4 is 10.1 Å². The second-order valence-electron chi connectivity index (χ2n) is 5.95. The summed E-state index contributed by atoms with van der Waals surface area (Å²) >= 11 is 5.92. The highest BCUT2D eigenvalue weighted by molar-refractivity contribution is 7.91. The van der Waals surface area contributed by atoms with Crippen molar-refractivity contribution in [3.05, 3.63) is 28.8 Å². The molecule has 0 aromatic heterocycles. The molecule has 1 fully saturated rings. The van der Waals surface area contributed by atoms with Gasteiger partial charge in [0.25, 0.3) is 5.91 Å². The van der Waals surface area contributed by atoms with Gasteiger partial charge in [-0.1, -0.05) is 11.6 Å². The van der Waals surface area contributed by atoms with Crippen molar-refractivity contribution in [2.24, 2.45) is 0 Å². The van der Waals surface area contributed by atoms with Gasteiger partial charge < -0.3 is 10.1 Å². The van der Waals surface area contributed by atoms with Crippen LogP contribution in [0.25, 0.3) is 0 Å². The lowest BCUT2D eigenvalue weighted by molar-refractivity contribution is -0.128. The molecule has 2 aliphatic rings. The number of halogens is 1. The molecule has 1 amide bonds. The van der Waals surface area contributed by atoms with Crippen molar-refractivity contribution in [1.29, 1.82) is 0 Å². The molecule has 3 rings (SSSR count). The second kappa shape index (κ2) is 4.88. The van der Waals surface area contributed by atoms with Gasteiger partial charge in [0.1, 0.15) is 5.75 Å². The summed E-state index contributed by atoms with van der Waals surface area (Å²) in [5, 5.41) is 3.43. The quantitative estimate of drug-likeness (QED) is 0.888. The molecule has 0 unspecified atom stereocenters. The van der Waals surface area contributed by atoms with E-state index in [0.29, 0.717) is 23.6 Å². The first kappa shape index (κ1) is 14.7. The molecule has 0 saturated carbocycles. The third kappa shape index (κ3) is 3.01. The number of amides is 1. The zero-order valence-corrected chi connectivity index (χ0v) is 13.1. The van der Waals surface area contributed by atoms with E-state index in [4.69, 9.17) is 16.3 Å². The highest BCUT2D eigenvalue weighted by atomic mass is 35.5. The summed E-state index contributed by atoms with van der Waals surface area (Å²) < 4.78 is 28.7. The van der Waals surface area contributed by atoms with Gasteiger partial charge in [-0.25, -0.2) is 8.42 Å². The van der Waals surface area contributed by atoms with Crippen LogP contribution in [0.15, 0.2) is 18.2 Å². The number of ether oxygens (including phenoxy) is 1. The molecule has 1 aromatic rings. The summed E-state index contributed by atoms with van der Waals surface area (Å²) in [5.74, 6) is 0.480. The fraction of sp³-hybridized carbons (Fsp3) is 0.500. The predicted octanol–water partition coefficient (Wildman–Crippen LogP) is 1.34. The van der Waals surface area contributed by atoms with E-state index in [-0.39, 0.29) is 17.4 Å². The minimum atomic E-state index is -3.06. The van der Waals surface area contributed by atoms with E-state index in [1.165, 1.54) is 0 Å². The Morgan fingerprint density at radius 3 is 2.90 bits per heavy atom. The fourth-order valence-electron chi connectivity index (χ4n) is 2.85. The molecular formula is C14H16ClNO4S. The summed E-state index contributed by atoms with van der Waals surface area (Å²) in [5.41, 5.74) is 0.193. The molecule has 21 heavy (non-hydrogen) atoms. The van der Waals surface area contributed by atoms with Crippen molar-refractivity contribution in [2.75, 3.05) is 11.5 Å². The highest BCUT2D eigenvalue weighted by Gasteiger charge is 2.41. The number of carbonyl (C=O) groups is 1. The van der Waals surface area contributed by atoms with Crippen LogP contribution in [0.3, 0.4) is 0 Å². The lowest BCUT2D eigenvalue weighted by Gasteiger charge is -2.25. The van der Waals surface area contributed by atoms with Gasteiger partial charge in [0.15, 0.2) is 15.9 Å². The molecule has 1 N–H and O–H groups in total. The minimum absolute atomic E-state index is 0.0166. The SMILES string of the molecule is C[C@@]1(NC(=O)[C@@H]2Cc3cc(Cl)ccc3O2)CCS(=O)(=O)C1. The monoisotopic (exact) mass is 329 g/mol. The Bertz CT molecular complexity index is 703. The Labute approximate surface area is 128 Å². The average molecular weight is 330 g/mol. The Kier molecular flexibility index (Phi) is 3.41. The summed E-state index contributed by atoms with van der Waals surface area (Å²) in [6.07, 6.45) is 0.260. The highest BCUT2D eigenvalue weighted by Crippen LogP contribution is 2.32. The van der Waals surface area contributed by atoms with Crippen molar-refractivity contribution in [3.63, 3.8) is 0 Å². The third-order valence-electron chi connectivity index (χ3n) is 3.92. The van der Waals surface area contributed by atoms with Gasteiger partial charge in [-0.3, -0.25) is 4.79 Å². The number of benzene rings is 1. The molecule has 1 aromatic carbocycles. The van der Waals surface area contributed by atoms with Gasteiger partial charge in [0, 0.05) is 11.4 Å². The maximum absolute atomic E-state index is 12.3. The van der Waals surface area contributed by atoms with Gasteiger partial charge in [0.2, 0.25) is 0 Å². The fourth-order valence-corrected chi connectivity index (χ4v) is 5.14. The van der Waals surface area contributed by atoms with Crippen molar-refractivity contribution in [1.82, 2.24) is 5.32 Å². The van der Waals surface area contributed by atoms with E-state index in [1.54, 1.807) is 25.1 Å². The normalized spacial score (nSPS) is 29.7. The van der Waals surface area contributed by atoms with Crippen LogP contribution in [-0.2, 0) is 21.1 Å². The van der Waals surface area contributed by atoms with Crippen molar-refractivity contribution >= 4 is 27.3 Å². The first-order valence-electron chi connectivity index (χ1n) is 6.74. The number of rotatable bonds is 2. The molecule has 7 heteroatoms. The van der Waals surface area contributed by atoms with Gasteiger partial charge in [-0.15, -0.1) is 0 Å². The van der Waals surface area contributed by atoms with E-state index < -0.39 is 21.5 Å². The van der Waals surface area contributed by atoms with E-state index >= 15 is 0 Å². The minimum Gasteiger partial charge on any atom is -0.480 e. The Morgan fingerprint density at radius 2 is 2.24 bits per heavy atom. The molecule has 0 spiro atoms. The topological polar surface area (TPSA) is 72.5 Å². The van der Waals surface area contributed by atoms with Gasteiger partial charge >= 0.3 is 0 Å². The van der Waals surface area contributed by atoms with E-state index in [1.807, 2.05) is 0 Å². The molecular weight excluding hydrogens is 314 g/mol. The van der Waals surface area contributed by atoms with Crippen molar-refractivity contribution in [2.45, 2.75) is 31.4 Å². The molecule has 2 heterocycles. The molecule has 5 nitrogen and oxygen atoms in total. The first-order valence-corrected chi connectivity index (χ1v) is 8.94. The van der Waals surface area contributed by atoms with Gasteiger partial charge in [-0.05, 0) is 37.1 Å². The summed E-state index contributed by atoms with van der Waals surface area (Å²) in [6, 6.07) is 5.24. The van der Waals surface area contributed by atoms with Crippen LogP contribution in [0.5, 0.6) is 5.75 Å². The lowest BCUT2D eigenvalue weighted by atomic mass is 10.0. The number of carbonyl (C=O) groups excluding carboxylic acids is 1. The summed E-state index contributed by atoms with van der Waals surface area (Å²) in [4.78, 5) is 12.3. The Morgan fingerprint density at radius 1 is 1.48 bits per heavy atom. The van der Waals surface area contributed by atoms with Crippen LogP contribution in [0.4, 0.5) is 0 Å². The smallest absolute Gasteiger partial charge is 0.261 e.